The van der Waals surface area contributed by atoms with Gasteiger partial charge in [0.05, 0.1) is 6.20 Å². The van der Waals surface area contributed by atoms with Gasteiger partial charge in [0.2, 0.25) is 5.91 Å². The quantitative estimate of drug-likeness (QED) is 0.782. The number of amides is 3. The van der Waals surface area contributed by atoms with Crippen molar-refractivity contribution in [3.63, 3.8) is 0 Å². The van der Waals surface area contributed by atoms with Crippen LogP contribution in [-0.2, 0) is 11.8 Å². The molecule has 1 heterocycles. The lowest BCUT2D eigenvalue weighted by atomic mass is 10.0. The molecule has 0 aliphatic carbocycles. The average Bonchev–Trinajstić information content (AvgIpc) is 2.86. The predicted octanol–water partition coefficient (Wildman–Crippen LogP) is 1.72. The van der Waals surface area contributed by atoms with Crippen LogP contribution in [0.5, 0.6) is 0 Å². The zero-order valence-corrected chi connectivity index (χ0v) is 13.4. The Balaban J connectivity index is 2.19. The molecule has 0 radical (unpaired) electrons. The predicted molar refractivity (Wildman–Crippen MR) is 88.6 cm³/mol. The van der Waals surface area contributed by atoms with Crippen LogP contribution < -0.4 is 16.4 Å². The van der Waals surface area contributed by atoms with E-state index in [1.165, 1.54) is 0 Å². The zero-order valence-electron chi connectivity index (χ0n) is 13.4. The summed E-state index contributed by atoms with van der Waals surface area (Å²) in [6.45, 7) is 3.63. The van der Waals surface area contributed by atoms with E-state index in [2.05, 4.69) is 15.7 Å². The van der Waals surface area contributed by atoms with Crippen LogP contribution in [0.3, 0.4) is 0 Å². The number of aryl methyl sites for hydroxylation is 1. The highest BCUT2D eigenvalue weighted by atomic mass is 16.2. The first-order valence-corrected chi connectivity index (χ1v) is 7.34. The molecule has 1 aromatic carbocycles. The number of nitrogens with zero attached hydrogens (tertiary/aromatic N) is 2. The fourth-order valence-electron chi connectivity index (χ4n) is 2.27. The molecule has 0 saturated carbocycles. The summed E-state index contributed by atoms with van der Waals surface area (Å²) in [6, 6.07) is 8.37. The summed E-state index contributed by atoms with van der Waals surface area (Å²) in [5.41, 5.74) is 7.04. The van der Waals surface area contributed by atoms with Crippen molar-refractivity contribution in [1.82, 2.24) is 15.1 Å². The van der Waals surface area contributed by atoms with E-state index in [-0.39, 0.29) is 5.92 Å². The molecule has 0 aliphatic heterocycles. The lowest BCUT2D eigenvalue weighted by Crippen LogP contribution is -2.49. The molecule has 0 saturated heterocycles. The number of carbonyl (C=O) groups excluding carboxylic acids is 2. The second-order valence-electron chi connectivity index (χ2n) is 5.62. The maximum absolute atomic E-state index is 12.2. The molecule has 7 heteroatoms. The Morgan fingerprint density at radius 2 is 1.87 bits per heavy atom. The number of nitrogens with one attached hydrogen (secondary N) is 2. The third-order valence-electron chi connectivity index (χ3n) is 3.52. The molecule has 0 fully saturated rings. The highest BCUT2D eigenvalue weighted by Crippen LogP contribution is 2.26. The van der Waals surface area contributed by atoms with Gasteiger partial charge in [0.1, 0.15) is 11.9 Å². The van der Waals surface area contributed by atoms with Crippen LogP contribution in [0.4, 0.5) is 10.6 Å². The number of aromatic nitrogens is 2. The van der Waals surface area contributed by atoms with Gasteiger partial charge in [-0.2, -0.15) is 5.10 Å². The average molecular weight is 315 g/mol. The van der Waals surface area contributed by atoms with Gasteiger partial charge in [-0.15, -0.1) is 0 Å². The minimum absolute atomic E-state index is 0.0987. The smallest absolute Gasteiger partial charge is 0.321 e. The summed E-state index contributed by atoms with van der Waals surface area (Å²) >= 11 is 0. The molecule has 2 aromatic rings. The standard InChI is InChI=1S/C16H21N5O2/c1-10(2)13(14(17)22)19-16(23)20-15-12(9-18-21(15)3)11-7-5-4-6-8-11/h4-10,13H,1-3H3,(H2,17,22)(H2,19,20,23)/t13-/m0/s1. The third-order valence-corrected chi connectivity index (χ3v) is 3.52. The molecule has 0 spiro atoms. The minimum atomic E-state index is -0.733. The van der Waals surface area contributed by atoms with Crippen molar-refractivity contribution in [2.45, 2.75) is 19.9 Å². The molecular weight excluding hydrogens is 294 g/mol. The van der Waals surface area contributed by atoms with Crippen molar-refractivity contribution < 1.29 is 9.59 Å². The van der Waals surface area contributed by atoms with Crippen molar-refractivity contribution in [3.05, 3.63) is 36.5 Å². The topological polar surface area (TPSA) is 102 Å². The molecule has 0 aliphatic rings. The van der Waals surface area contributed by atoms with Crippen LogP contribution in [0.2, 0.25) is 0 Å². The van der Waals surface area contributed by atoms with Crippen LogP contribution in [0.15, 0.2) is 36.5 Å². The van der Waals surface area contributed by atoms with Crippen molar-refractivity contribution in [3.8, 4) is 11.1 Å². The Morgan fingerprint density at radius 1 is 1.22 bits per heavy atom. The number of carbonyl (C=O) groups is 2. The summed E-state index contributed by atoms with van der Waals surface area (Å²) in [7, 11) is 1.73. The highest BCUT2D eigenvalue weighted by molar-refractivity contribution is 5.95. The van der Waals surface area contributed by atoms with Gasteiger partial charge in [-0.3, -0.25) is 14.8 Å². The number of primary amides is 1. The first kappa shape index (κ1) is 16.5. The number of hydrogen-bond donors (Lipinski definition) is 3. The first-order chi connectivity index (χ1) is 10.9. The number of hydrogen-bond acceptors (Lipinski definition) is 3. The van der Waals surface area contributed by atoms with Gasteiger partial charge >= 0.3 is 6.03 Å². The maximum Gasteiger partial charge on any atom is 0.321 e. The van der Waals surface area contributed by atoms with E-state index in [0.717, 1.165) is 11.1 Å². The van der Waals surface area contributed by atoms with Gasteiger partial charge in [-0.25, -0.2) is 4.79 Å². The number of rotatable bonds is 5. The van der Waals surface area contributed by atoms with Gasteiger partial charge in [-0.1, -0.05) is 44.2 Å². The highest BCUT2D eigenvalue weighted by Gasteiger charge is 2.22. The Morgan fingerprint density at radius 3 is 2.43 bits per heavy atom. The fraction of sp³-hybridized carbons (Fsp3) is 0.312. The van der Waals surface area contributed by atoms with Crippen LogP contribution in [-0.4, -0.2) is 27.8 Å². The van der Waals surface area contributed by atoms with Gasteiger partial charge < -0.3 is 11.1 Å². The van der Waals surface area contributed by atoms with E-state index in [1.807, 2.05) is 44.2 Å². The molecule has 122 valence electrons. The second kappa shape index (κ2) is 6.95. The van der Waals surface area contributed by atoms with Gasteiger partial charge in [0.25, 0.3) is 0 Å². The molecule has 4 N–H and O–H groups in total. The number of benzene rings is 1. The van der Waals surface area contributed by atoms with Crippen LogP contribution in [0.25, 0.3) is 11.1 Å². The van der Waals surface area contributed by atoms with E-state index >= 15 is 0 Å². The molecule has 0 bridgehead atoms. The summed E-state index contributed by atoms with van der Waals surface area (Å²) in [6.07, 6.45) is 1.68. The van der Waals surface area contributed by atoms with Crippen LogP contribution >= 0.6 is 0 Å². The molecule has 1 aromatic heterocycles. The summed E-state index contributed by atoms with van der Waals surface area (Å²) in [4.78, 5) is 23.6. The van der Waals surface area contributed by atoms with E-state index in [9.17, 15) is 9.59 Å². The second-order valence-corrected chi connectivity index (χ2v) is 5.62. The van der Waals surface area contributed by atoms with Crippen molar-refractivity contribution >= 4 is 17.8 Å². The molecule has 7 nitrogen and oxygen atoms in total. The van der Waals surface area contributed by atoms with Gasteiger partial charge in [0.15, 0.2) is 0 Å². The van der Waals surface area contributed by atoms with E-state index in [4.69, 9.17) is 5.73 Å². The number of nitrogens with two attached hydrogens (primary N) is 1. The van der Waals surface area contributed by atoms with Crippen molar-refractivity contribution in [2.24, 2.45) is 18.7 Å². The van der Waals surface area contributed by atoms with Gasteiger partial charge in [0, 0.05) is 12.6 Å². The Labute approximate surface area is 134 Å². The Hall–Kier alpha value is -2.83. The molecular formula is C16H21N5O2. The lowest BCUT2D eigenvalue weighted by Gasteiger charge is -2.19. The third kappa shape index (κ3) is 3.88. The monoisotopic (exact) mass is 315 g/mol. The Bertz CT molecular complexity index is 694. The molecule has 2 rings (SSSR count). The number of anilines is 1. The largest absolute Gasteiger partial charge is 0.368 e. The van der Waals surface area contributed by atoms with E-state index in [1.54, 1.807) is 17.9 Å². The van der Waals surface area contributed by atoms with E-state index < -0.39 is 18.0 Å². The summed E-state index contributed by atoms with van der Waals surface area (Å²) < 4.78 is 1.57. The molecule has 1 atom stereocenters. The lowest BCUT2D eigenvalue weighted by molar-refractivity contribution is -0.120. The summed E-state index contributed by atoms with van der Waals surface area (Å²) in [5.74, 6) is -0.123. The fourth-order valence-corrected chi connectivity index (χ4v) is 2.27. The minimum Gasteiger partial charge on any atom is -0.368 e. The molecule has 0 unspecified atom stereocenters. The van der Waals surface area contributed by atoms with Crippen molar-refractivity contribution in [1.29, 1.82) is 0 Å². The van der Waals surface area contributed by atoms with Crippen molar-refractivity contribution in [2.75, 3.05) is 5.32 Å². The maximum atomic E-state index is 12.2. The van der Waals surface area contributed by atoms with Crippen LogP contribution in [0.1, 0.15) is 13.8 Å². The SMILES string of the molecule is CC(C)[C@H](NC(=O)Nc1c(-c2ccccc2)cnn1C)C(N)=O. The molecule has 23 heavy (non-hydrogen) atoms. The Kier molecular flexibility index (Phi) is 5.00. The first-order valence-electron chi connectivity index (χ1n) is 7.34. The normalized spacial score (nSPS) is 12.0. The van der Waals surface area contributed by atoms with Crippen LogP contribution in [0, 0.1) is 5.92 Å². The number of urea groups is 1. The summed E-state index contributed by atoms with van der Waals surface area (Å²) in [5, 5.41) is 9.51. The molecule has 3 amide bonds. The zero-order chi connectivity index (χ0) is 17.0. The van der Waals surface area contributed by atoms with E-state index in [0.29, 0.717) is 5.82 Å². The van der Waals surface area contributed by atoms with Gasteiger partial charge in [-0.05, 0) is 11.5 Å².